The van der Waals surface area contributed by atoms with E-state index in [-0.39, 0.29) is 68.2 Å². The number of hydrogen-bond acceptors (Lipinski definition) is 11. The van der Waals surface area contributed by atoms with Crippen LogP contribution in [0.5, 0.6) is 0 Å². The van der Waals surface area contributed by atoms with E-state index in [1.807, 2.05) is 6.07 Å². The molecule has 0 saturated carbocycles. The summed E-state index contributed by atoms with van der Waals surface area (Å²) < 4.78 is 1.78. The van der Waals surface area contributed by atoms with Crippen molar-refractivity contribution in [3.05, 3.63) is 52.9 Å². The van der Waals surface area contributed by atoms with Gasteiger partial charge in [0, 0.05) is 28.8 Å². The van der Waals surface area contributed by atoms with Crippen LogP contribution in [-0.2, 0) is 30.6 Å². The Bertz CT molecular complexity index is 1340. The van der Waals surface area contributed by atoms with Crippen molar-refractivity contribution in [2.75, 3.05) is 11.5 Å². The number of β-lactam (4-membered cyclic amide) rings is 1. The highest BCUT2D eigenvalue weighted by Gasteiger charge is 2.53. The molecule has 4 rings (SSSR count). The zero-order valence-corrected chi connectivity index (χ0v) is 26.0. The first-order chi connectivity index (χ1) is 17.5. The van der Waals surface area contributed by atoms with Gasteiger partial charge in [-0.15, -0.1) is 57.1 Å². The number of hydrogen-bond donors (Lipinski definition) is 3. The molecule has 218 valence electrons. The second kappa shape index (κ2) is 14.0. The molecule has 2 aromatic rings. The zero-order valence-electron chi connectivity index (χ0n) is 20.9. The van der Waals surface area contributed by atoms with Crippen LogP contribution in [-0.4, -0.2) is 72.7 Å². The maximum Gasteiger partial charge on any atom is 0.350 e. The van der Waals surface area contributed by atoms with Crippen LogP contribution in [0.2, 0.25) is 0 Å². The number of nitrogens with one attached hydrogen (secondary N) is 1. The number of nitrogen functional groups attached to an aromatic ring is 1. The molecule has 18 heteroatoms. The second-order valence-electron chi connectivity index (χ2n) is 8.57. The van der Waals surface area contributed by atoms with Crippen LogP contribution in [0.15, 0.2) is 52.4 Å². The van der Waals surface area contributed by atoms with Crippen LogP contribution in [0.1, 0.15) is 19.5 Å². The minimum absolute atomic E-state index is 0. The van der Waals surface area contributed by atoms with Gasteiger partial charge in [-0.3, -0.25) is 14.5 Å². The standard InChI is InChI=1S/C22H22N6O7S2.2BrH.H2O/c1-22(2,20(33)34)35-26-13(12-10-37-21(23)24-12)16(29)25-14-17(30)28-15(19(31)32)11(9-36-18(14)28)8-27-6-4-3-5-7-27;;;/h3-7,10,14,18H,8-9H2,1-2H3,(H4-,23,24,25,29,31,32,33,34);2*1H;1H2/t14-,18-;;;/m1.../s1. The molecule has 2 aromatic heterocycles. The number of rotatable bonds is 9. The number of carbonyl (C=O) groups excluding carboxylic acids is 3. The van der Waals surface area contributed by atoms with Crippen molar-refractivity contribution >= 4 is 91.7 Å². The number of thioether (sulfide) groups is 1. The summed E-state index contributed by atoms with van der Waals surface area (Å²) in [6.45, 7) is 2.74. The number of carboxylic acids is 2. The summed E-state index contributed by atoms with van der Waals surface area (Å²) in [5.74, 6) is -4.01. The van der Waals surface area contributed by atoms with E-state index in [4.69, 9.17) is 10.6 Å². The number of aliphatic carboxylic acids is 2. The quantitative estimate of drug-likeness (QED) is 0.124. The van der Waals surface area contributed by atoms with E-state index in [9.17, 15) is 29.4 Å². The fourth-order valence-corrected chi connectivity index (χ4v) is 5.45. The minimum Gasteiger partial charge on any atom is -0.543 e. The van der Waals surface area contributed by atoms with Crippen molar-refractivity contribution in [2.45, 2.75) is 37.4 Å². The zero-order chi connectivity index (χ0) is 26.9. The molecule has 2 aliphatic rings. The number of halogens is 2. The van der Waals surface area contributed by atoms with Crippen LogP contribution in [0, 0.1) is 0 Å². The Labute approximate surface area is 257 Å². The summed E-state index contributed by atoms with van der Waals surface area (Å²) in [6.07, 6.45) is 3.55. The summed E-state index contributed by atoms with van der Waals surface area (Å²) in [5, 5.41) is 28.4. The number of nitrogens with zero attached hydrogens (tertiary/aromatic N) is 4. The predicted molar refractivity (Wildman–Crippen MR) is 154 cm³/mol. The third-order valence-electron chi connectivity index (χ3n) is 5.54. The van der Waals surface area contributed by atoms with Crippen molar-refractivity contribution in [2.24, 2.45) is 5.16 Å². The third-order valence-corrected chi connectivity index (χ3v) is 7.55. The van der Waals surface area contributed by atoms with Crippen LogP contribution in [0.25, 0.3) is 0 Å². The topological polar surface area (TPSA) is 223 Å². The van der Waals surface area contributed by atoms with Gasteiger partial charge in [-0.05, 0) is 13.8 Å². The van der Waals surface area contributed by atoms with E-state index in [1.54, 1.807) is 29.1 Å². The Hall–Kier alpha value is -3.06. The average Bonchev–Trinajstić information content (AvgIpc) is 3.28. The number of carbonyl (C=O) groups is 4. The van der Waals surface area contributed by atoms with Crippen molar-refractivity contribution in [1.82, 2.24) is 15.2 Å². The molecule has 0 unspecified atom stereocenters. The van der Waals surface area contributed by atoms with E-state index in [2.05, 4.69) is 15.5 Å². The predicted octanol–water partition coefficient (Wildman–Crippen LogP) is -0.968. The fraction of sp³-hybridized carbons (Fsp3) is 0.318. The summed E-state index contributed by atoms with van der Waals surface area (Å²) >= 11 is 2.32. The molecule has 40 heavy (non-hydrogen) atoms. The van der Waals surface area contributed by atoms with E-state index < -0.39 is 40.8 Å². The summed E-state index contributed by atoms with van der Waals surface area (Å²) in [6, 6.07) is 4.36. The van der Waals surface area contributed by atoms with Crippen molar-refractivity contribution < 1.29 is 44.3 Å². The Morgan fingerprint density at radius 2 is 1.95 bits per heavy atom. The van der Waals surface area contributed by atoms with E-state index in [0.29, 0.717) is 11.3 Å². The summed E-state index contributed by atoms with van der Waals surface area (Å²) in [5.41, 5.74) is 3.83. The molecule has 0 spiro atoms. The Morgan fingerprint density at radius 3 is 2.50 bits per heavy atom. The lowest BCUT2D eigenvalue weighted by atomic mass is 10.0. The minimum atomic E-state index is -1.75. The number of fused-ring (bicyclic) bond motifs is 1. The molecular formula is C22H26Br2N6O8S2. The van der Waals surface area contributed by atoms with Gasteiger partial charge in [0.2, 0.25) is 5.60 Å². The number of nitrogens with two attached hydrogens (primary N) is 1. The molecule has 0 aromatic carbocycles. The Kier molecular flexibility index (Phi) is 12.3. The molecule has 14 nitrogen and oxygen atoms in total. The summed E-state index contributed by atoms with van der Waals surface area (Å²) in [7, 11) is 0. The van der Waals surface area contributed by atoms with Gasteiger partial charge in [-0.1, -0.05) is 11.2 Å². The molecule has 0 radical (unpaired) electrons. The van der Waals surface area contributed by atoms with Crippen LogP contribution in [0.4, 0.5) is 5.13 Å². The van der Waals surface area contributed by atoms with Crippen molar-refractivity contribution in [3.8, 4) is 0 Å². The SMILES string of the molecule is Br.Br.CC(C)(ON=C(C(=O)N[C@@H]1C(=O)N2C(C(=O)[O-])=C(C[n+]3ccccc3)CS[C@H]12)c1csc(N)n1)C(=O)O.O. The van der Waals surface area contributed by atoms with Gasteiger partial charge >= 0.3 is 5.97 Å². The van der Waals surface area contributed by atoms with Gasteiger partial charge in [0.15, 0.2) is 29.8 Å². The number of thiazole rings is 1. The highest BCUT2D eigenvalue weighted by atomic mass is 79.9. The van der Waals surface area contributed by atoms with E-state index in [0.717, 1.165) is 16.2 Å². The number of pyridine rings is 1. The molecule has 2 amide bonds. The number of aromatic nitrogens is 2. The van der Waals surface area contributed by atoms with Crippen LogP contribution in [0.3, 0.4) is 0 Å². The smallest absolute Gasteiger partial charge is 0.350 e. The van der Waals surface area contributed by atoms with Gasteiger partial charge in [0.25, 0.3) is 11.8 Å². The lowest BCUT2D eigenvalue weighted by Crippen LogP contribution is -2.71. The molecular weight excluding hydrogens is 700 g/mol. The maximum atomic E-state index is 13.1. The van der Waals surface area contributed by atoms with Crippen molar-refractivity contribution in [3.63, 3.8) is 0 Å². The molecule has 1 fully saturated rings. The fourth-order valence-electron chi connectivity index (χ4n) is 3.56. The van der Waals surface area contributed by atoms with Crippen molar-refractivity contribution in [1.29, 1.82) is 0 Å². The molecule has 6 N–H and O–H groups in total. The normalized spacial score (nSPS) is 18.2. The maximum absolute atomic E-state index is 13.1. The lowest BCUT2D eigenvalue weighted by molar-refractivity contribution is -0.689. The third kappa shape index (κ3) is 7.17. The van der Waals surface area contributed by atoms with Gasteiger partial charge in [-0.25, -0.2) is 14.3 Å². The lowest BCUT2D eigenvalue weighted by Gasteiger charge is -2.50. The Balaban J connectivity index is 0.00000267. The molecule has 0 aliphatic carbocycles. The second-order valence-corrected chi connectivity index (χ2v) is 10.6. The van der Waals surface area contributed by atoms with Gasteiger partial charge in [-0.2, -0.15) is 0 Å². The first-order valence-electron chi connectivity index (χ1n) is 10.8. The first-order valence-corrected chi connectivity index (χ1v) is 12.8. The first kappa shape index (κ1) is 35.0. The van der Waals surface area contributed by atoms with Crippen LogP contribution < -0.4 is 20.7 Å². The average molecular weight is 726 g/mol. The van der Waals surface area contributed by atoms with E-state index in [1.165, 1.54) is 31.0 Å². The van der Waals surface area contributed by atoms with Gasteiger partial charge in [0.05, 0.1) is 11.7 Å². The highest BCUT2D eigenvalue weighted by molar-refractivity contribution is 8.93. The number of carboxylic acid groups (broad SMARTS) is 2. The Morgan fingerprint density at radius 1 is 1.30 bits per heavy atom. The molecule has 2 atom stereocenters. The molecule has 2 aliphatic heterocycles. The molecule has 4 heterocycles. The van der Waals surface area contributed by atoms with Crippen LogP contribution >= 0.6 is 57.1 Å². The van der Waals surface area contributed by atoms with Gasteiger partial charge in [0.1, 0.15) is 17.1 Å². The summed E-state index contributed by atoms with van der Waals surface area (Å²) in [4.78, 5) is 59.6. The number of amides is 2. The monoisotopic (exact) mass is 724 g/mol. The molecule has 0 bridgehead atoms. The van der Waals surface area contributed by atoms with E-state index >= 15 is 0 Å². The largest absolute Gasteiger partial charge is 0.543 e. The molecule has 1 saturated heterocycles. The number of oxime groups is 1. The van der Waals surface area contributed by atoms with Gasteiger partial charge < -0.3 is 36.4 Å². The highest BCUT2D eigenvalue weighted by Crippen LogP contribution is 2.40. The number of anilines is 1.